The summed E-state index contributed by atoms with van der Waals surface area (Å²) in [7, 11) is 3.73. The van der Waals surface area contributed by atoms with Gasteiger partial charge in [0, 0.05) is 44.9 Å². The normalized spacial score (nSPS) is 9.28. The molecule has 0 aliphatic rings. The fraction of sp³-hybridized carbons (Fsp3) is 0.636. The Bertz CT molecular complexity index is 344. The molecule has 18 heavy (non-hydrogen) atoms. The van der Waals surface area contributed by atoms with Crippen LogP contribution in [-0.2, 0) is 18.4 Å². The molecule has 0 aromatic carbocycles. The van der Waals surface area contributed by atoms with Gasteiger partial charge in [0.2, 0.25) is 5.91 Å². The molecule has 1 aromatic rings. The Morgan fingerprint density at radius 2 is 2.17 bits per heavy atom. The van der Waals surface area contributed by atoms with Gasteiger partial charge in [0.05, 0.1) is 6.20 Å². The molecule has 7 heteroatoms. The minimum Gasteiger partial charge on any atom is -0.338 e. The molecular formula is C11H22Cl2N4O. The van der Waals surface area contributed by atoms with Crippen LogP contribution in [0.25, 0.3) is 0 Å². The van der Waals surface area contributed by atoms with Crippen molar-refractivity contribution < 1.29 is 4.79 Å². The number of aromatic nitrogens is 2. The van der Waals surface area contributed by atoms with Gasteiger partial charge in [0.25, 0.3) is 0 Å². The number of hydrogen-bond donors (Lipinski definition) is 1. The average molecular weight is 297 g/mol. The van der Waals surface area contributed by atoms with Crippen LogP contribution in [0, 0.1) is 0 Å². The maximum Gasteiger partial charge on any atom is 0.224 e. The molecular weight excluding hydrogens is 275 g/mol. The van der Waals surface area contributed by atoms with E-state index in [2.05, 4.69) is 10.4 Å². The summed E-state index contributed by atoms with van der Waals surface area (Å²) in [6.07, 6.45) is 4.28. The number of carbonyl (C=O) groups excluding carboxylic acids is 1. The first-order valence-corrected chi connectivity index (χ1v) is 5.57. The van der Waals surface area contributed by atoms with Crippen molar-refractivity contribution in [3.8, 4) is 0 Å². The van der Waals surface area contributed by atoms with Crippen LogP contribution in [-0.4, -0.2) is 40.7 Å². The van der Waals surface area contributed by atoms with Crippen LogP contribution in [0.15, 0.2) is 12.4 Å². The van der Waals surface area contributed by atoms with Gasteiger partial charge in [-0.1, -0.05) is 0 Å². The number of carbonyl (C=O) groups is 1. The first-order chi connectivity index (χ1) is 7.67. The molecule has 0 bridgehead atoms. The fourth-order valence-corrected chi connectivity index (χ4v) is 1.54. The van der Waals surface area contributed by atoms with Crippen molar-refractivity contribution in [3.63, 3.8) is 0 Å². The molecule has 1 heterocycles. The lowest BCUT2D eigenvalue weighted by Crippen LogP contribution is -2.32. The molecule has 0 atom stereocenters. The number of aryl methyl sites for hydroxylation is 1. The standard InChI is InChI=1S/C11H20N4O.2ClH/c1-4-15(11(16)5-6-12-2)9-10-7-13-14(3)8-10;;/h7-8,12H,4-6,9H2,1-3H3;2*1H. The Morgan fingerprint density at radius 1 is 1.50 bits per heavy atom. The van der Waals surface area contributed by atoms with Gasteiger partial charge in [0.1, 0.15) is 0 Å². The SMILES string of the molecule is CCN(Cc1cnn(C)c1)C(=O)CCNC.Cl.Cl. The maximum atomic E-state index is 11.8. The van der Waals surface area contributed by atoms with E-state index in [1.54, 1.807) is 10.9 Å². The number of rotatable bonds is 6. The van der Waals surface area contributed by atoms with E-state index < -0.39 is 0 Å². The summed E-state index contributed by atoms with van der Waals surface area (Å²) in [6.45, 7) is 4.10. The van der Waals surface area contributed by atoms with E-state index in [1.165, 1.54) is 0 Å². The van der Waals surface area contributed by atoms with Crippen LogP contribution >= 0.6 is 24.8 Å². The van der Waals surface area contributed by atoms with Crippen molar-refractivity contribution in [1.82, 2.24) is 20.0 Å². The van der Waals surface area contributed by atoms with Crippen molar-refractivity contribution in [3.05, 3.63) is 18.0 Å². The summed E-state index contributed by atoms with van der Waals surface area (Å²) in [5, 5.41) is 7.07. The van der Waals surface area contributed by atoms with Gasteiger partial charge in [-0.15, -0.1) is 24.8 Å². The maximum absolute atomic E-state index is 11.8. The van der Waals surface area contributed by atoms with E-state index >= 15 is 0 Å². The van der Waals surface area contributed by atoms with Crippen molar-refractivity contribution >= 4 is 30.7 Å². The Labute approximate surface area is 121 Å². The van der Waals surface area contributed by atoms with Gasteiger partial charge < -0.3 is 10.2 Å². The molecule has 0 unspecified atom stereocenters. The van der Waals surface area contributed by atoms with Crippen molar-refractivity contribution in [2.24, 2.45) is 7.05 Å². The van der Waals surface area contributed by atoms with Crippen LogP contribution in [0.1, 0.15) is 18.9 Å². The van der Waals surface area contributed by atoms with Crippen LogP contribution in [0.3, 0.4) is 0 Å². The zero-order chi connectivity index (χ0) is 12.0. The monoisotopic (exact) mass is 296 g/mol. The minimum absolute atomic E-state index is 0. The average Bonchev–Trinajstić information content (AvgIpc) is 2.68. The minimum atomic E-state index is 0. The van der Waals surface area contributed by atoms with Gasteiger partial charge in [0.15, 0.2) is 0 Å². The fourth-order valence-electron chi connectivity index (χ4n) is 1.54. The highest BCUT2D eigenvalue weighted by Crippen LogP contribution is 2.04. The molecule has 0 spiro atoms. The molecule has 1 rings (SSSR count). The van der Waals surface area contributed by atoms with Gasteiger partial charge in [-0.2, -0.15) is 5.10 Å². The Kier molecular flexibility index (Phi) is 11.1. The first-order valence-electron chi connectivity index (χ1n) is 5.57. The molecule has 0 aliphatic carbocycles. The summed E-state index contributed by atoms with van der Waals surface area (Å²) >= 11 is 0. The van der Waals surface area contributed by atoms with Gasteiger partial charge in [-0.05, 0) is 14.0 Å². The van der Waals surface area contributed by atoms with E-state index in [0.717, 1.165) is 18.7 Å². The highest BCUT2D eigenvalue weighted by Gasteiger charge is 2.11. The second-order valence-electron chi connectivity index (χ2n) is 3.78. The van der Waals surface area contributed by atoms with E-state index in [4.69, 9.17) is 0 Å². The molecule has 106 valence electrons. The zero-order valence-electron chi connectivity index (χ0n) is 11.0. The topological polar surface area (TPSA) is 50.2 Å². The number of halogens is 2. The van der Waals surface area contributed by atoms with Crippen LogP contribution in [0.4, 0.5) is 0 Å². The Balaban J connectivity index is 0. The second-order valence-corrected chi connectivity index (χ2v) is 3.78. The van der Waals surface area contributed by atoms with Crippen LogP contribution in [0.5, 0.6) is 0 Å². The van der Waals surface area contributed by atoms with Gasteiger partial charge >= 0.3 is 0 Å². The Hall–Kier alpha value is -0.780. The quantitative estimate of drug-likeness (QED) is 0.859. The third-order valence-electron chi connectivity index (χ3n) is 2.46. The largest absolute Gasteiger partial charge is 0.338 e. The van der Waals surface area contributed by atoms with Crippen molar-refractivity contribution in [2.45, 2.75) is 19.9 Å². The number of hydrogen-bond acceptors (Lipinski definition) is 3. The number of amides is 1. The second kappa shape index (κ2) is 10.2. The van der Waals surface area contributed by atoms with Crippen molar-refractivity contribution in [1.29, 1.82) is 0 Å². The summed E-state index contributed by atoms with van der Waals surface area (Å²) in [4.78, 5) is 13.6. The molecule has 0 fully saturated rings. The van der Waals surface area contributed by atoms with E-state index in [-0.39, 0.29) is 30.7 Å². The predicted octanol–water partition coefficient (Wildman–Crippen LogP) is 1.22. The summed E-state index contributed by atoms with van der Waals surface area (Å²) < 4.78 is 1.75. The molecule has 5 nitrogen and oxygen atoms in total. The molecule has 1 amide bonds. The third kappa shape index (κ3) is 6.23. The highest BCUT2D eigenvalue weighted by molar-refractivity contribution is 5.85. The zero-order valence-corrected chi connectivity index (χ0v) is 12.7. The molecule has 1 aromatic heterocycles. The molecule has 0 radical (unpaired) electrons. The van der Waals surface area contributed by atoms with Crippen LogP contribution in [0.2, 0.25) is 0 Å². The molecule has 1 N–H and O–H groups in total. The number of nitrogens with zero attached hydrogens (tertiary/aromatic N) is 3. The smallest absolute Gasteiger partial charge is 0.224 e. The first kappa shape index (κ1) is 19.6. The van der Waals surface area contributed by atoms with E-state index in [9.17, 15) is 4.79 Å². The lowest BCUT2D eigenvalue weighted by atomic mass is 10.3. The van der Waals surface area contributed by atoms with Gasteiger partial charge in [-0.3, -0.25) is 9.48 Å². The van der Waals surface area contributed by atoms with E-state index in [1.807, 2.05) is 32.1 Å². The number of nitrogens with one attached hydrogen (secondary N) is 1. The predicted molar refractivity (Wildman–Crippen MR) is 77.3 cm³/mol. The lowest BCUT2D eigenvalue weighted by Gasteiger charge is -2.20. The molecule has 0 saturated carbocycles. The van der Waals surface area contributed by atoms with E-state index in [0.29, 0.717) is 13.0 Å². The third-order valence-corrected chi connectivity index (χ3v) is 2.46. The Morgan fingerprint density at radius 3 is 2.61 bits per heavy atom. The molecule has 0 aliphatic heterocycles. The summed E-state index contributed by atoms with van der Waals surface area (Å²) in [6, 6.07) is 0. The van der Waals surface area contributed by atoms with Crippen molar-refractivity contribution in [2.75, 3.05) is 20.1 Å². The lowest BCUT2D eigenvalue weighted by molar-refractivity contribution is -0.131. The van der Waals surface area contributed by atoms with Gasteiger partial charge in [-0.25, -0.2) is 0 Å². The summed E-state index contributed by atoms with van der Waals surface area (Å²) in [5.41, 5.74) is 1.07. The summed E-state index contributed by atoms with van der Waals surface area (Å²) in [5.74, 6) is 0.181. The molecule has 0 saturated heterocycles. The van der Waals surface area contributed by atoms with Crippen LogP contribution < -0.4 is 5.32 Å². The highest BCUT2D eigenvalue weighted by atomic mass is 35.5.